The van der Waals surface area contributed by atoms with Crippen LogP contribution in [0.25, 0.3) is 0 Å². The zero-order valence-electron chi connectivity index (χ0n) is 11.4. The molecule has 1 aliphatic rings. The molecule has 1 aliphatic heterocycles. The summed E-state index contributed by atoms with van der Waals surface area (Å²) in [5, 5.41) is 0. The lowest BCUT2D eigenvalue weighted by Gasteiger charge is -2.30. The first-order valence-corrected chi connectivity index (χ1v) is 6.90. The van der Waals surface area contributed by atoms with E-state index >= 15 is 0 Å². The maximum absolute atomic E-state index is 13.3. The Morgan fingerprint density at radius 1 is 1.50 bits per heavy atom. The average molecular weight is 275 g/mol. The van der Waals surface area contributed by atoms with Crippen LogP contribution in [0.4, 0.5) is 4.39 Å². The van der Waals surface area contributed by atoms with E-state index in [2.05, 4.69) is 16.5 Å². The minimum Gasteiger partial charge on any atom is -0.484 e. The van der Waals surface area contributed by atoms with E-state index in [0.29, 0.717) is 12.2 Å². The van der Waals surface area contributed by atoms with Crippen molar-refractivity contribution in [1.82, 2.24) is 9.55 Å². The number of hydrogen-bond acceptors (Lipinski definition) is 3. The van der Waals surface area contributed by atoms with Crippen molar-refractivity contribution < 1.29 is 9.13 Å². The van der Waals surface area contributed by atoms with Crippen molar-refractivity contribution in [3.05, 3.63) is 47.8 Å². The molecule has 0 radical (unpaired) electrons. The minimum absolute atomic E-state index is 0.128. The Balaban J connectivity index is 1.91. The summed E-state index contributed by atoms with van der Waals surface area (Å²) in [4.78, 5) is 4.19. The highest BCUT2D eigenvalue weighted by Crippen LogP contribution is 2.39. The van der Waals surface area contributed by atoms with Crippen LogP contribution in [0.5, 0.6) is 5.75 Å². The highest BCUT2D eigenvalue weighted by molar-refractivity contribution is 5.39. The highest BCUT2D eigenvalue weighted by atomic mass is 19.1. The van der Waals surface area contributed by atoms with Gasteiger partial charge < -0.3 is 15.0 Å². The number of ether oxygens (including phenoxy) is 1. The molecule has 0 spiro atoms. The topological polar surface area (TPSA) is 53.1 Å². The van der Waals surface area contributed by atoms with Crippen molar-refractivity contribution >= 4 is 0 Å². The second kappa shape index (κ2) is 5.25. The molecule has 0 saturated heterocycles. The van der Waals surface area contributed by atoms with Gasteiger partial charge in [0.2, 0.25) is 0 Å². The molecular formula is C15H18FN3O. The second-order valence-corrected chi connectivity index (χ2v) is 5.14. The molecule has 4 nitrogen and oxygen atoms in total. The third kappa shape index (κ3) is 2.29. The van der Waals surface area contributed by atoms with Gasteiger partial charge in [-0.1, -0.05) is 6.92 Å². The monoisotopic (exact) mass is 275 g/mol. The number of benzene rings is 1. The molecule has 20 heavy (non-hydrogen) atoms. The van der Waals surface area contributed by atoms with Crippen molar-refractivity contribution in [2.24, 2.45) is 5.73 Å². The number of aromatic nitrogens is 2. The van der Waals surface area contributed by atoms with E-state index in [0.717, 1.165) is 24.2 Å². The van der Waals surface area contributed by atoms with E-state index in [1.807, 2.05) is 12.5 Å². The normalized spacial score (nSPS) is 21.4. The van der Waals surface area contributed by atoms with Crippen LogP contribution in [0, 0.1) is 5.82 Å². The van der Waals surface area contributed by atoms with Gasteiger partial charge >= 0.3 is 0 Å². The van der Waals surface area contributed by atoms with E-state index in [4.69, 9.17) is 10.5 Å². The van der Waals surface area contributed by atoms with E-state index in [1.165, 1.54) is 12.1 Å². The van der Waals surface area contributed by atoms with Gasteiger partial charge in [-0.15, -0.1) is 0 Å². The largest absolute Gasteiger partial charge is 0.484 e. The van der Waals surface area contributed by atoms with Crippen LogP contribution in [0.2, 0.25) is 0 Å². The van der Waals surface area contributed by atoms with E-state index < -0.39 is 0 Å². The average Bonchev–Trinajstić information content (AvgIpc) is 2.88. The Hall–Kier alpha value is -1.88. The maximum Gasteiger partial charge on any atom is 0.142 e. The summed E-state index contributed by atoms with van der Waals surface area (Å²) in [6.07, 6.45) is 5.17. The molecule has 0 saturated carbocycles. The molecule has 5 heteroatoms. The zero-order valence-corrected chi connectivity index (χ0v) is 11.4. The third-order valence-corrected chi connectivity index (χ3v) is 3.65. The number of imidazole rings is 1. The lowest BCUT2D eigenvalue weighted by Crippen LogP contribution is -2.25. The summed E-state index contributed by atoms with van der Waals surface area (Å²) in [5.74, 6) is 0.386. The molecule has 2 N–H and O–H groups in total. The SMILES string of the molecule is CCCn1cncc1C1C[C@@H](N)c2cc(F)ccc2O1. The second-order valence-electron chi connectivity index (χ2n) is 5.14. The fraction of sp³-hybridized carbons (Fsp3) is 0.400. The molecule has 2 aromatic rings. The molecule has 1 aromatic carbocycles. The van der Waals surface area contributed by atoms with Crippen molar-refractivity contribution in [1.29, 1.82) is 0 Å². The van der Waals surface area contributed by atoms with Crippen LogP contribution in [0.1, 0.15) is 43.2 Å². The first kappa shape index (κ1) is 13.1. The molecule has 0 aliphatic carbocycles. The van der Waals surface area contributed by atoms with Gasteiger partial charge in [0.15, 0.2) is 0 Å². The Labute approximate surface area is 117 Å². The van der Waals surface area contributed by atoms with Gasteiger partial charge in [-0.3, -0.25) is 0 Å². The zero-order chi connectivity index (χ0) is 14.1. The number of fused-ring (bicyclic) bond motifs is 1. The van der Waals surface area contributed by atoms with Gasteiger partial charge in [0.1, 0.15) is 17.7 Å². The van der Waals surface area contributed by atoms with Crippen LogP contribution in [0.3, 0.4) is 0 Å². The molecule has 0 amide bonds. The molecule has 2 atom stereocenters. The summed E-state index contributed by atoms with van der Waals surface area (Å²) in [6, 6.07) is 4.29. The molecule has 0 fully saturated rings. The highest BCUT2D eigenvalue weighted by Gasteiger charge is 2.29. The van der Waals surface area contributed by atoms with Gasteiger partial charge in [-0.2, -0.15) is 0 Å². The Bertz CT molecular complexity index is 611. The van der Waals surface area contributed by atoms with Gasteiger partial charge in [0, 0.05) is 24.6 Å². The van der Waals surface area contributed by atoms with Gasteiger partial charge in [0.05, 0.1) is 18.2 Å². The predicted molar refractivity (Wildman–Crippen MR) is 73.8 cm³/mol. The van der Waals surface area contributed by atoms with Crippen LogP contribution in [-0.2, 0) is 6.54 Å². The maximum atomic E-state index is 13.3. The van der Waals surface area contributed by atoms with Crippen molar-refractivity contribution in [3.63, 3.8) is 0 Å². The first-order valence-electron chi connectivity index (χ1n) is 6.90. The number of hydrogen-bond donors (Lipinski definition) is 1. The van der Waals surface area contributed by atoms with Crippen LogP contribution < -0.4 is 10.5 Å². The van der Waals surface area contributed by atoms with Crippen molar-refractivity contribution in [2.45, 2.75) is 38.5 Å². The lowest BCUT2D eigenvalue weighted by atomic mass is 9.96. The van der Waals surface area contributed by atoms with Gasteiger partial charge in [-0.05, 0) is 24.6 Å². The van der Waals surface area contributed by atoms with E-state index in [9.17, 15) is 4.39 Å². The smallest absolute Gasteiger partial charge is 0.142 e. The fourth-order valence-electron chi connectivity index (χ4n) is 2.68. The standard InChI is InChI=1S/C15H18FN3O/c1-2-5-19-9-18-8-13(19)15-7-12(17)11-6-10(16)3-4-14(11)20-15/h3-4,6,8-9,12,15H,2,5,7,17H2,1H3/t12-,15?/m1/s1. The number of rotatable bonds is 3. The molecule has 0 bridgehead atoms. The number of nitrogens with zero attached hydrogens (tertiary/aromatic N) is 2. The fourth-order valence-corrected chi connectivity index (χ4v) is 2.68. The number of aryl methyl sites for hydroxylation is 1. The summed E-state index contributed by atoms with van der Waals surface area (Å²) >= 11 is 0. The van der Waals surface area contributed by atoms with Gasteiger partial charge in [0.25, 0.3) is 0 Å². The Kier molecular flexibility index (Phi) is 3.44. The summed E-state index contributed by atoms with van der Waals surface area (Å²) in [6.45, 7) is 3.02. The Morgan fingerprint density at radius 2 is 2.35 bits per heavy atom. The first-order chi connectivity index (χ1) is 9.69. The number of nitrogens with two attached hydrogens (primary N) is 1. The van der Waals surface area contributed by atoms with E-state index in [1.54, 1.807) is 6.07 Å². The predicted octanol–water partition coefficient (Wildman–Crippen LogP) is 2.96. The van der Waals surface area contributed by atoms with Crippen molar-refractivity contribution in [3.8, 4) is 5.75 Å². The molecule has 3 rings (SSSR count). The van der Waals surface area contributed by atoms with E-state index in [-0.39, 0.29) is 18.0 Å². The lowest BCUT2D eigenvalue weighted by molar-refractivity contribution is 0.152. The molecule has 2 heterocycles. The van der Waals surface area contributed by atoms with Crippen LogP contribution >= 0.6 is 0 Å². The third-order valence-electron chi connectivity index (χ3n) is 3.65. The van der Waals surface area contributed by atoms with Gasteiger partial charge in [-0.25, -0.2) is 9.37 Å². The van der Waals surface area contributed by atoms with Crippen LogP contribution in [-0.4, -0.2) is 9.55 Å². The molecular weight excluding hydrogens is 257 g/mol. The number of halogens is 1. The quantitative estimate of drug-likeness (QED) is 0.937. The Morgan fingerprint density at radius 3 is 3.15 bits per heavy atom. The van der Waals surface area contributed by atoms with Crippen LogP contribution in [0.15, 0.2) is 30.7 Å². The minimum atomic E-state index is -0.280. The van der Waals surface area contributed by atoms with Crippen molar-refractivity contribution in [2.75, 3.05) is 0 Å². The summed E-state index contributed by atoms with van der Waals surface area (Å²) in [5.41, 5.74) is 7.92. The molecule has 1 aromatic heterocycles. The summed E-state index contributed by atoms with van der Waals surface area (Å²) < 4.78 is 21.3. The molecule has 106 valence electrons. The molecule has 1 unspecified atom stereocenters. The summed E-state index contributed by atoms with van der Waals surface area (Å²) in [7, 11) is 0.